The van der Waals surface area contributed by atoms with Gasteiger partial charge in [0.05, 0.1) is 6.61 Å². The normalized spacial score (nSPS) is 11.8. The topological polar surface area (TPSA) is 84.3 Å². The van der Waals surface area contributed by atoms with Gasteiger partial charge in [-0.05, 0) is 105 Å². The lowest BCUT2D eigenvalue weighted by Crippen LogP contribution is -2.39. The SMILES string of the molecule is O=C(O)C(Cc1ccc(OCCCCc2ccncc2)cc1)NCCCCc1ccncc1. The molecule has 0 radical (unpaired) electrons. The van der Waals surface area contributed by atoms with Crippen molar-refractivity contribution in [2.24, 2.45) is 0 Å². The highest BCUT2D eigenvalue weighted by molar-refractivity contribution is 5.73. The van der Waals surface area contributed by atoms with Crippen LogP contribution >= 0.6 is 0 Å². The Labute approximate surface area is 196 Å². The Morgan fingerprint density at radius 3 is 1.94 bits per heavy atom. The second-order valence-electron chi connectivity index (χ2n) is 8.17. The Morgan fingerprint density at radius 1 is 0.788 bits per heavy atom. The van der Waals surface area contributed by atoms with Gasteiger partial charge in [0.15, 0.2) is 0 Å². The molecule has 0 spiro atoms. The second kappa shape index (κ2) is 14.0. The Hall–Kier alpha value is -3.25. The zero-order valence-corrected chi connectivity index (χ0v) is 19.0. The largest absolute Gasteiger partial charge is 0.494 e. The first-order valence-electron chi connectivity index (χ1n) is 11.7. The van der Waals surface area contributed by atoms with Crippen LogP contribution in [0.15, 0.2) is 73.3 Å². The second-order valence-corrected chi connectivity index (χ2v) is 8.17. The number of pyridine rings is 2. The molecule has 0 saturated carbocycles. The number of carbonyl (C=O) groups is 1. The molecular formula is C27H33N3O3. The van der Waals surface area contributed by atoms with Gasteiger partial charge in [-0.15, -0.1) is 0 Å². The summed E-state index contributed by atoms with van der Waals surface area (Å²) < 4.78 is 5.83. The van der Waals surface area contributed by atoms with Gasteiger partial charge in [0.2, 0.25) is 0 Å². The van der Waals surface area contributed by atoms with Gasteiger partial charge in [0.25, 0.3) is 0 Å². The van der Waals surface area contributed by atoms with Gasteiger partial charge in [-0.1, -0.05) is 12.1 Å². The number of hydrogen-bond donors (Lipinski definition) is 2. The summed E-state index contributed by atoms with van der Waals surface area (Å²) in [6.07, 6.45) is 13.7. The van der Waals surface area contributed by atoms with E-state index in [4.69, 9.17) is 4.74 Å². The highest BCUT2D eigenvalue weighted by Crippen LogP contribution is 2.15. The predicted molar refractivity (Wildman–Crippen MR) is 129 cm³/mol. The monoisotopic (exact) mass is 447 g/mol. The Balaban J connectivity index is 1.32. The van der Waals surface area contributed by atoms with E-state index in [1.54, 1.807) is 12.4 Å². The first-order chi connectivity index (χ1) is 16.2. The lowest BCUT2D eigenvalue weighted by Gasteiger charge is -2.15. The molecule has 1 unspecified atom stereocenters. The van der Waals surface area contributed by atoms with Gasteiger partial charge in [-0.3, -0.25) is 14.8 Å². The summed E-state index contributed by atoms with van der Waals surface area (Å²) in [4.78, 5) is 19.7. The van der Waals surface area contributed by atoms with E-state index in [1.165, 1.54) is 11.1 Å². The van der Waals surface area contributed by atoms with Gasteiger partial charge in [-0.2, -0.15) is 0 Å². The molecule has 0 saturated heterocycles. The molecule has 1 atom stereocenters. The van der Waals surface area contributed by atoms with E-state index >= 15 is 0 Å². The third kappa shape index (κ3) is 9.41. The van der Waals surface area contributed by atoms with Crippen LogP contribution in [0.5, 0.6) is 5.75 Å². The van der Waals surface area contributed by atoms with E-state index in [2.05, 4.69) is 15.3 Å². The summed E-state index contributed by atoms with van der Waals surface area (Å²) in [6, 6.07) is 15.3. The average molecular weight is 448 g/mol. The smallest absolute Gasteiger partial charge is 0.321 e. The van der Waals surface area contributed by atoms with E-state index in [0.29, 0.717) is 19.6 Å². The zero-order valence-electron chi connectivity index (χ0n) is 19.0. The lowest BCUT2D eigenvalue weighted by molar-refractivity contribution is -0.139. The molecule has 0 amide bonds. The molecule has 33 heavy (non-hydrogen) atoms. The summed E-state index contributed by atoms with van der Waals surface area (Å²) in [5.41, 5.74) is 3.54. The number of aliphatic carboxylic acids is 1. The van der Waals surface area contributed by atoms with Crippen molar-refractivity contribution in [3.8, 4) is 5.75 Å². The molecule has 2 N–H and O–H groups in total. The van der Waals surface area contributed by atoms with E-state index < -0.39 is 12.0 Å². The standard InChI is InChI=1S/C27H33N3O3/c31-27(32)26(30-15-3-1-5-22-11-16-28-17-12-22)21-24-7-9-25(10-8-24)33-20-4-2-6-23-13-18-29-19-14-23/h7-14,16-19,26,30H,1-6,15,20-21H2,(H,31,32). The number of carboxylic acids is 1. The van der Waals surface area contributed by atoms with E-state index in [-0.39, 0.29) is 0 Å². The van der Waals surface area contributed by atoms with Crippen LogP contribution in [0, 0.1) is 0 Å². The van der Waals surface area contributed by atoms with Crippen molar-refractivity contribution in [2.75, 3.05) is 13.2 Å². The summed E-state index contributed by atoms with van der Waals surface area (Å²) >= 11 is 0. The molecule has 0 fully saturated rings. The molecule has 2 heterocycles. The third-order valence-corrected chi connectivity index (χ3v) is 5.57. The number of rotatable bonds is 15. The highest BCUT2D eigenvalue weighted by atomic mass is 16.5. The predicted octanol–water partition coefficient (Wildman–Crippen LogP) is 4.49. The number of hydrogen-bond acceptors (Lipinski definition) is 5. The molecule has 0 bridgehead atoms. The van der Waals surface area contributed by atoms with Crippen LogP contribution in [0.4, 0.5) is 0 Å². The summed E-state index contributed by atoms with van der Waals surface area (Å²) in [5, 5.41) is 12.8. The quantitative estimate of drug-likeness (QED) is 0.334. The lowest BCUT2D eigenvalue weighted by atomic mass is 10.1. The minimum atomic E-state index is -0.821. The maximum absolute atomic E-state index is 11.7. The molecule has 2 aromatic heterocycles. The summed E-state index contributed by atoms with van der Waals surface area (Å²) in [7, 11) is 0. The van der Waals surface area contributed by atoms with Gasteiger partial charge >= 0.3 is 5.97 Å². The first kappa shape index (κ1) is 24.4. The van der Waals surface area contributed by atoms with Crippen molar-refractivity contribution in [1.29, 1.82) is 0 Å². The van der Waals surface area contributed by atoms with Gasteiger partial charge in [0.1, 0.15) is 11.8 Å². The van der Waals surface area contributed by atoms with Crippen LogP contribution in [-0.2, 0) is 24.1 Å². The van der Waals surface area contributed by atoms with Crippen molar-refractivity contribution in [3.05, 3.63) is 90.0 Å². The maximum atomic E-state index is 11.7. The number of nitrogens with one attached hydrogen (secondary N) is 1. The maximum Gasteiger partial charge on any atom is 0.321 e. The number of ether oxygens (including phenoxy) is 1. The van der Waals surface area contributed by atoms with E-state index in [0.717, 1.165) is 49.8 Å². The Kier molecular flexibility index (Phi) is 10.4. The van der Waals surface area contributed by atoms with Crippen LogP contribution in [-0.4, -0.2) is 40.2 Å². The Morgan fingerprint density at radius 2 is 1.36 bits per heavy atom. The number of benzene rings is 1. The highest BCUT2D eigenvalue weighted by Gasteiger charge is 2.17. The molecule has 6 heteroatoms. The van der Waals surface area contributed by atoms with E-state index in [1.807, 2.05) is 60.9 Å². The van der Waals surface area contributed by atoms with Crippen LogP contribution in [0.2, 0.25) is 0 Å². The molecule has 0 aliphatic carbocycles. The summed E-state index contributed by atoms with van der Waals surface area (Å²) in [5.74, 6) is -0.00253. The molecule has 174 valence electrons. The first-order valence-corrected chi connectivity index (χ1v) is 11.7. The fourth-order valence-electron chi connectivity index (χ4n) is 3.65. The van der Waals surface area contributed by atoms with Crippen LogP contribution in [0.3, 0.4) is 0 Å². The number of nitrogens with zero attached hydrogens (tertiary/aromatic N) is 2. The van der Waals surface area contributed by atoms with E-state index in [9.17, 15) is 9.90 Å². The van der Waals surface area contributed by atoms with Crippen molar-refractivity contribution in [1.82, 2.24) is 15.3 Å². The van der Waals surface area contributed by atoms with Crippen molar-refractivity contribution < 1.29 is 14.6 Å². The van der Waals surface area contributed by atoms with Crippen molar-refractivity contribution in [2.45, 2.75) is 51.0 Å². The van der Waals surface area contributed by atoms with Gasteiger partial charge < -0.3 is 15.2 Å². The zero-order chi connectivity index (χ0) is 23.1. The number of unbranched alkanes of at least 4 members (excludes halogenated alkanes) is 2. The fraction of sp³-hybridized carbons (Fsp3) is 0.370. The minimum absolute atomic E-state index is 0.450. The van der Waals surface area contributed by atoms with Crippen LogP contribution < -0.4 is 10.1 Å². The van der Waals surface area contributed by atoms with Crippen LogP contribution in [0.1, 0.15) is 42.4 Å². The van der Waals surface area contributed by atoms with Crippen LogP contribution in [0.25, 0.3) is 0 Å². The molecule has 0 aliphatic heterocycles. The van der Waals surface area contributed by atoms with Crippen molar-refractivity contribution in [3.63, 3.8) is 0 Å². The molecule has 3 rings (SSSR count). The minimum Gasteiger partial charge on any atom is -0.494 e. The summed E-state index contributed by atoms with van der Waals surface area (Å²) in [6.45, 7) is 1.35. The molecule has 6 nitrogen and oxygen atoms in total. The van der Waals surface area contributed by atoms with Crippen molar-refractivity contribution >= 4 is 5.97 Å². The number of aromatic nitrogens is 2. The fourth-order valence-corrected chi connectivity index (χ4v) is 3.65. The molecule has 1 aromatic carbocycles. The van der Waals surface area contributed by atoms with Gasteiger partial charge in [-0.25, -0.2) is 0 Å². The number of carboxylic acid groups (broad SMARTS) is 1. The number of aryl methyl sites for hydroxylation is 2. The molecule has 3 aromatic rings. The molecule has 0 aliphatic rings. The third-order valence-electron chi connectivity index (χ3n) is 5.57. The molecular weight excluding hydrogens is 414 g/mol. The Bertz CT molecular complexity index is 934. The average Bonchev–Trinajstić information content (AvgIpc) is 2.85. The van der Waals surface area contributed by atoms with Gasteiger partial charge in [0, 0.05) is 24.8 Å².